The van der Waals surface area contributed by atoms with E-state index in [2.05, 4.69) is 6.07 Å². The van der Waals surface area contributed by atoms with E-state index in [9.17, 15) is 4.79 Å². The van der Waals surface area contributed by atoms with Gasteiger partial charge in [-0.05, 0) is 12.0 Å². The highest BCUT2D eigenvalue weighted by Crippen LogP contribution is 2.20. The van der Waals surface area contributed by atoms with Crippen molar-refractivity contribution in [3.8, 4) is 6.07 Å². The van der Waals surface area contributed by atoms with Crippen LogP contribution in [-0.2, 0) is 4.79 Å². The molecule has 0 aliphatic carbocycles. The average Bonchev–Trinajstić information content (AvgIpc) is 2.30. The normalized spacial score (nSPS) is 13.9. The lowest BCUT2D eigenvalue weighted by Crippen LogP contribution is -2.18. The van der Waals surface area contributed by atoms with Gasteiger partial charge in [0.1, 0.15) is 5.92 Å². The Hall–Kier alpha value is -1.62. The quantitative estimate of drug-likeness (QED) is 0.751. The monoisotopic (exact) mass is 201 g/mol. The molecular formula is C13H15NO. The van der Waals surface area contributed by atoms with Gasteiger partial charge in [-0.2, -0.15) is 5.26 Å². The first-order valence-corrected chi connectivity index (χ1v) is 5.19. The summed E-state index contributed by atoms with van der Waals surface area (Å²) in [6.45, 7) is 3.83. The van der Waals surface area contributed by atoms with E-state index in [1.807, 2.05) is 44.2 Å². The molecule has 0 amide bonds. The summed E-state index contributed by atoms with van der Waals surface area (Å²) in [4.78, 5) is 11.9. The summed E-state index contributed by atoms with van der Waals surface area (Å²) in [5, 5.41) is 9.02. The van der Waals surface area contributed by atoms with Crippen molar-refractivity contribution in [2.75, 3.05) is 0 Å². The van der Waals surface area contributed by atoms with Crippen molar-refractivity contribution in [3.05, 3.63) is 35.9 Å². The number of ketones is 1. The van der Waals surface area contributed by atoms with E-state index < -0.39 is 5.92 Å². The highest BCUT2D eigenvalue weighted by molar-refractivity contribution is 5.90. The van der Waals surface area contributed by atoms with E-state index in [4.69, 9.17) is 5.26 Å². The average molecular weight is 201 g/mol. The number of Topliss-reactive ketones (excluding diaryl/α,β-unsaturated/α-hetero) is 1. The molecular weight excluding hydrogens is 186 g/mol. The molecule has 2 unspecified atom stereocenters. The van der Waals surface area contributed by atoms with E-state index >= 15 is 0 Å². The zero-order chi connectivity index (χ0) is 11.3. The van der Waals surface area contributed by atoms with Crippen molar-refractivity contribution < 1.29 is 4.79 Å². The number of hydrogen-bond donors (Lipinski definition) is 0. The van der Waals surface area contributed by atoms with Crippen LogP contribution in [-0.4, -0.2) is 5.78 Å². The Morgan fingerprint density at radius 1 is 1.40 bits per heavy atom. The summed E-state index contributed by atoms with van der Waals surface area (Å²) in [7, 11) is 0. The van der Waals surface area contributed by atoms with Gasteiger partial charge in [0.25, 0.3) is 0 Å². The zero-order valence-corrected chi connectivity index (χ0v) is 9.10. The number of carbonyl (C=O) groups excluding carboxylic acids is 1. The Labute approximate surface area is 90.5 Å². The zero-order valence-electron chi connectivity index (χ0n) is 9.10. The van der Waals surface area contributed by atoms with Gasteiger partial charge in [0, 0.05) is 5.92 Å². The van der Waals surface area contributed by atoms with E-state index in [0.717, 1.165) is 12.0 Å². The fourth-order valence-electron chi connectivity index (χ4n) is 1.43. The predicted molar refractivity (Wildman–Crippen MR) is 59.3 cm³/mol. The molecule has 1 aromatic rings. The molecule has 0 heterocycles. The Morgan fingerprint density at radius 3 is 2.47 bits per heavy atom. The summed E-state index contributed by atoms with van der Waals surface area (Å²) in [6, 6.07) is 11.3. The maximum atomic E-state index is 11.9. The fourth-order valence-corrected chi connectivity index (χ4v) is 1.43. The van der Waals surface area contributed by atoms with Crippen molar-refractivity contribution in [1.29, 1.82) is 5.26 Å². The highest BCUT2D eigenvalue weighted by Gasteiger charge is 2.23. The molecule has 0 fully saturated rings. The van der Waals surface area contributed by atoms with Crippen LogP contribution >= 0.6 is 0 Å². The molecule has 0 aliphatic rings. The van der Waals surface area contributed by atoms with Crippen LogP contribution in [0.5, 0.6) is 0 Å². The van der Waals surface area contributed by atoms with Crippen LogP contribution in [0.2, 0.25) is 0 Å². The number of hydrogen-bond acceptors (Lipinski definition) is 2. The summed E-state index contributed by atoms with van der Waals surface area (Å²) in [5.74, 6) is -0.637. The maximum absolute atomic E-state index is 11.9. The third-order valence-corrected chi connectivity index (χ3v) is 2.64. The molecule has 2 atom stereocenters. The first kappa shape index (κ1) is 11.5. The third-order valence-electron chi connectivity index (χ3n) is 2.64. The van der Waals surface area contributed by atoms with E-state index in [-0.39, 0.29) is 11.7 Å². The van der Waals surface area contributed by atoms with Crippen molar-refractivity contribution in [2.24, 2.45) is 5.92 Å². The highest BCUT2D eigenvalue weighted by atomic mass is 16.1. The molecule has 0 spiro atoms. The molecule has 2 nitrogen and oxygen atoms in total. The molecule has 1 aromatic carbocycles. The Kier molecular flexibility index (Phi) is 4.05. The van der Waals surface area contributed by atoms with Gasteiger partial charge >= 0.3 is 0 Å². The third kappa shape index (κ3) is 2.66. The van der Waals surface area contributed by atoms with Crippen molar-refractivity contribution >= 4 is 5.78 Å². The standard InChI is InChI=1S/C13H15NO/c1-3-10(2)13(15)12(9-14)11-7-5-4-6-8-11/h4-8,10,12H,3H2,1-2H3. The van der Waals surface area contributed by atoms with E-state index in [1.165, 1.54) is 0 Å². The maximum Gasteiger partial charge on any atom is 0.157 e. The summed E-state index contributed by atoms with van der Waals surface area (Å²) >= 11 is 0. The molecule has 1 rings (SSSR count). The molecule has 0 aliphatic heterocycles. The van der Waals surface area contributed by atoms with Crippen LogP contribution in [0.3, 0.4) is 0 Å². The number of benzene rings is 1. The molecule has 0 saturated carbocycles. The first-order valence-electron chi connectivity index (χ1n) is 5.19. The van der Waals surface area contributed by atoms with Gasteiger partial charge in [-0.15, -0.1) is 0 Å². The summed E-state index contributed by atoms with van der Waals surface area (Å²) in [6.07, 6.45) is 0.782. The van der Waals surface area contributed by atoms with Crippen LogP contribution in [0.4, 0.5) is 0 Å². The molecule has 0 saturated heterocycles. The molecule has 78 valence electrons. The van der Waals surface area contributed by atoms with Crippen molar-refractivity contribution in [3.63, 3.8) is 0 Å². The number of carbonyl (C=O) groups is 1. The second-order valence-corrected chi connectivity index (χ2v) is 3.68. The van der Waals surface area contributed by atoms with Gasteiger partial charge in [0.2, 0.25) is 0 Å². The number of nitrogens with zero attached hydrogens (tertiary/aromatic N) is 1. The Morgan fingerprint density at radius 2 is 2.00 bits per heavy atom. The predicted octanol–water partition coefficient (Wildman–Crippen LogP) is 2.91. The second-order valence-electron chi connectivity index (χ2n) is 3.68. The molecule has 0 bridgehead atoms. The fraction of sp³-hybridized carbons (Fsp3) is 0.385. The van der Waals surface area contributed by atoms with Crippen LogP contribution in [0, 0.1) is 17.2 Å². The minimum atomic E-state index is -0.610. The second kappa shape index (κ2) is 5.31. The lowest BCUT2D eigenvalue weighted by atomic mass is 9.88. The largest absolute Gasteiger partial charge is 0.298 e. The van der Waals surface area contributed by atoms with Crippen LogP contribution in [0.15, 0.2) is 30.3 Å². The molecule has 2 heteroatoms. The van der Waals surface area contributed by atoms with Gasteiger partial charge < -0.3 is 0 Å². The minimum absolute atomic E-state index is 0.0196. The van der Waals surface area contributed by atoms with Gasteiger partial charge in [-0.1, -0.05) is 44.2 Å². The topological polar surface area (TPSA) is 40.9 Å². The summed E-state index contributed by atoms with van der Waals surface area (Å²) in [5.41, 5.74) is 0.797. The van der Waals surface area contributed by atoms with Crippen molar-refractivity contribution in [1.82, 2.24) is 0 Å². The van der Waals surface area contributed by atoms with Crippen LogP contribution in [0.1, 0.15) is 31.7 Å². The van der Waals surface area contributed by atoms with Crippen LogP contribution < -0.4 is 0 Å². The minimum Gasteiger partial charge on any atom is -0.298 e. The lowest BCUT2D eigenvalue weighted by molar-refractivity contribution is -0.122. The van der Waals surface area contributed by atoms with Gasteiger partial charge in [0.05, 0.1) is 6.07 Å². The number of rotatable bonds is 4. The molecule has 0 radical (unpaired) electrons. The number of nitriles is 1. The van der Waals surface area contributed by atoms with Crippen molar-refractivity contribution in [2.45, 2.75) is 26.2 Å². The van der Waals surface area contributed by atoms with E-state index in [0.29, 0.717) is 0 Å². The molecule has 0 N–H and O–H groups in total. The molecule has 0 aromatic heterocycles. The Balaban J connectivity index is 2.92. The first-order chi connectivity index (χ1) is 7.20. The smallest absolute Gasteiger partial charge is 0.157 e. The van der Waals surface area contributed by atoms with E-state index in [1.54, 1.807) is 0 Å². The van der Waals surface area contributed by atoms with Gasteiger partial charge in [0.15, 0.2) is 5.78 Å². The van der Waals surface area contributed by atoms with Gasteiger partial charge in [-0.25, -0.2) is 0 Å². The Bertz CT molecular complexity index is 364. The lowest BCUT2D eigenvalue weighted by Gasteiger charge is -2.12. The van der Waals surface area contributed by atoms with Crippen LogP contribution in [0.25, 0.3) is 0 Å². The van der Waals surface area contributed by atoms with Gasteiger partial charge in [-0.3, -0.25) is 4.79 Å². The summed E-state index contributed by atoms with van der Waals surface area (Å²) < 4.78 is 0. The molecule has 15 heavy (non-hydrogen) atoms. The SMILES string of the molecule is CCC(C)C(=O)C(C#N)c1ccccc1.